The highest BCUT2D eigenvalue weighted by molar-refractivity contribution is 5.94. The average Bonchev–Trinajstić information content (AvgIpc) is 3.23. The zero-order chi connectivity index (χ0) is 19.2. The van der Waals surface area contributed by atoms with E-state index in [0.717, 1.165) is 37.2 Å². The van der Waals surface area contributed by atoms with Crippen LogP contribution in [0.1, 0.15) is 34.8 Å². The lowest BCUT2D eigenvalue weighted by molar-refractivity contribution is 0.0937. The number of rotatable bonds is 7. The zero-order valence-electron chi connectivity index (χ0n) is 15.7. The molecule has 5 nitrogen and oxygen atoms in total. The third kappa shape index (κ3) is 4.57. The molecule has 1 N–H and O–H groups in total. The molecule has 0 unspecified atom stereocenters. The van der Waals surface area contributed by atoms with E-state index in [1.165, 1.54) is 19.2 Å². The van der Waals surface area contributed by atoms with Gasteiger partial charge in [0.25, 0.3) is 5.91 Å². The second-order valence-electron chi connectivity index (χ2n) is 6.59. The van der Waals surface area contributed by atoms with E-state index in [1.54, 1.807) is 13.2 Å². The van der Waals surface area contributed by atoms with Gasteiger partial charge in [0.2, 0.25) is 0 Å². The Morgan fingerprint density at radius 3 is 2.41 bits per heavy atom. The van der Waals surface area contributed by atoms with Crippen LogP contribution in [0.4, 0.5) is 4.39 Å². The standard InChI is InChI=1S/C21H25FN2O3/c1-26-17-8-5-15(6-9-17)19(24-11-3-4-12-24)14-23-21(25)16-7-10-20(27-2)18(22)13-16/h5-10,13,19H,3-4,11-12,14H2,1-2H3,(H,23,25)/t19-/m1/s1. The highest BCUT2D eigenvalue weighted by Crippen LogP contribution is 2.26. The van der Waals surface area contributed by atoms with Crippen molar-refractivity contribution in [3.05, 3.63) is 59.4 Å². The highest BCUT2D eigenvalue weighted by Gasteiger charge is 2.24. The molecule has 0 spiro atoms. The second kappa shape index (κ2) is 8.86. The lowest BCUT2D eigenvalue weighted by Crippen LogP contribution is -2.36. The minimum atomic E-state index is -0.545. The van der Waals surface area contributed by atoms with Crippen LogP contribution >= 0.6 is 0 Å². The van der Waals surface area contributed by atoms with E-state index in [9.17, 15) is 9.18 Å². The molecular formula is C21H25FN2O3. The summed E-state index contributed by atoms with van der Waals surface area (Å²) in [6, 6.07) is 12.2. The zero-order valence-corrected chi connectivity index (χ0v) is 15.7. The van der Waals surface area contributed by atoms with Crippen molar-refractivity contribution in [2.75, 3.05) is 33.9 Å². The van der Waals surface area contributed by atoms with Crippen molar-refractivity contribution in [3.8, 4) is 11.5 Å². The summed E-state index contributed by atoms with van der Waals surface area (Å²) in [6.07, 6.45) is 2.31. The molecule has 2 aromatic rings. The maximum absolute atomic E-state index is 13.9. The molecule has 1 fully saturated rings. The van der Waals surface area contributed by atoms with Crippen LogP contribution in [0.3, 0.4) is 0 Å². The van der Waals surface area contributed by atoms with Gasteiger partial charge in [0, 0.05) is 12.1 Å². The van der Waals surface area contributed by atoms with Crippen LogP contribution in [0, 0.1) is 5.82 Å². The van der Waals surface area contributed by atoms with Gasteiger partial charge in [0.05, 0.1) is 20.3 Å². The quantitative estimate of drug-likeness (QED) is 0.809. The van der Waals surface area contributed by atoms with Crippen molar-refractivity contribution >= 4 is 5.91 Å². The van der Waals surface area contributed by atoms with E-state index < -0.39 is 5.82 Å². The third-order valence-corrected chi connectivity index (χ3v) is 4.95. The number of hydrogen-bond acceptors (Lipinski definition) is 4. The third-order valence-electron chi connectivity index (χ3n) is 4.95. The molecule has 6 heteroatoms. The topological polar surface area (TPSA) is 50.8 Å². The summed E-state index contributed by atoms with van der Waals surface area (Å²) in [5.74, 6) is 0.0852. The van der Waals surface area contributed by atoms with Gasteiger partial charge in [0.1, 0.15) is 5.75 Å². The summed E-state index contributed by atoms with van der Waals surface area (Å²) in [6.45, 7) is 2.46. The monoisotopic (exact) mass is 372 g/mol. The highest BCUT2D eigenvalue weighted by atomic mass is 19.1. The number of nitrogens with one attached hydrogen (secondary N) is 1. The Hall–Kier alpha value is -2.60. The van der Waals surface area contributed by atoms with E-state index >= 15 is 0 Å². The van der Waals surface area contributed by atoms with Crippen molar-refractivity contribution in [3.63, 3.8) is 0 Å². The molecule has 27 heavy (non-hydrogen) atoms. The molecule has 1 atom stereocenters. The van der Waals surface area contributed by atoms with Gasteiger partial charge in [-0.05, 0) is 61.8 Å². The summed E-state index contributed by atoms with van der Waals surface area (Å²) >= 11 is 0. The van der Waals surface area contributed by atoms with Crippen molar-refractivity contribution in [1.29, 1.82) is 0 Å². The van der Waals surface area contributed by atoms with Gasteiger partial charge in [-0.1, -0.05) is 12.1 Å². The molecule has 0 bridgehead atoms. The predicted octanol–water partition coefficient (Wildman–Crippen LogP) is 3.41. The Morgan fingerprint density at radius 1 is 1.11 bits per heavy atom. The number of halogens is 1. The summed E-state index contributed by atoms with van der Waals surface area (Å²) in [7, 11) is 3.04. The van der Waals surface area contributed by atoms with Gasteiger partial charge >= 0.3 is 0 Å². The maximum atomic E-state index is 13.9. The van der Waals surface area contributed by atoms with Crippen LogP contribution in [-0.2, 0) is 0 Å². The van der Waals surface area contributed by atoms with Gasteiger partial charge in [-0.15, -0.1) is 0 Å². The molecule has 0 aromatic heterocycles. The van der Waals surface area contributed by atoms with Crippen molar-refractivity contribution < 1.29 is 18.7 Å². The van der Waals surface area contributed by atoms with Crippen LogP contribution in [0.25, 0.3) is 0 Å². The number of ether oxygens (including phenoxy) is 2. The molecule has 1 amide bonds. The van der Waals surface area contributed by atoms with Crippen LogP contribution in [0.5, 0.6) is 11.5 Å². The van der Waals surface area contributed by atoms with Crippen LogP contribution < -0.4 is 14.8 Å². The van der Waals surface area contributed by atoms with Crippen molar-refractivity contribution in [2.45, 2.75) is 18.9 Å². The Morgan fingerprint density at radius 2 is 1.81 bits per heavy atom. The maximum Gasteiger partial charge on any atom is 0.251 e. The van der Waals surface area contributed by atoms with E-state index in [0.29, 0.717) is 6.54 Å². The van der Waals surface area contributed by atoms with E-state index in [2.05, 4.69) is 10.2 Å². The summed E-state index contributed by atoms with van der Waals surface area (Å²) in [5.41, 5.74) is 1.40. The SMILES string of the molecule is COc1ccc([C@@H](CNC(=O)c2ccc(OC)c(F)c2)N2CCCC2)cc1. The van der Waals surface area contributed by atoms with E-state index in [4.69, 9.17) is 9.47 Å². The number of hydrogen-bond donors (Lipinski definition) is 1. The number of nitrogens with zero attached hydrogens (tertiary/aromatic N) is 1. The Kier molecular flexibility index (Phi) is 6.29. The normalized spacial score (nSPS) is 15.4. The molecule has 0 saturated carbocycles. The fourth-order valence-electron chi connectivity index (χ4n) is 3.44. The Labute approximate surface area is 159 Å². The van der Waals surface area contributed by atoms with Gasteiger partial charge in [-0.2, -0.15) is 0 Å². The molecule has 3 rings (SSSR count). The molecule has 1 heterocycles. The predicted molar refractivity (Wildman–Crippen MR) is 102 cm³/mol. The lowest BCUT2D eigenvalue weighted by atomic mass is 10.0. The van der Waals surface area contributed by atoms with E-state index in [1.807, 2.05) is 24.3 Å². The molecule has 0 aliphatic carbocycles. The van der Waals surface area contributed by atoms with Crippen LogP contribution in [-0.4, -0.2) is 44.7 Å². The molecule has 1 aliphatic rings. The van der Waals surface area contributed by atoms with Gasteiger partial charge < -0.3 is 14.8 Å². The largest absolute Gasteiger partial charge is 0.497 e. The fourth-order valence-corrected chi connectivity index (χ4v) is 3.44. The number of carbonyl (C=O) groups is 1. The van der Waals surface area contributed by atoms with Gasteiger partial charge in [0.15, 0.2) is 11.6 Å². The first-order valence-electron chi connectivity index (χ1n) is 9.12. The number of carbonyl (C=O) groups excluding carboxylic acids is 1. The smallest absolute Gasteiger partial charge is 0.251 e. The Bertz CT molecular complexity index is 773. The second-order valence-corrected chi connectivity index (χ2v) is 6.59. The fraction of sp³-hybridized carbons (Fsp3) is 0.381. The first-order chi connectivity index (χ1) is 13.1. The van der Waals surface area contributed by atoms with Crippen molar-refractivity contribution in [2.24, 2.45) is 0 Å². The molecule has 1 aliphatic heterocycles. The van der Waals surface area contributed by atoms with Crippen LogP contribution in [0.15, 0.2) is 42.5 Å². The molecule has 2 aromatic carbocycles. The molecule has 144 valence electrons. The number of amides is 1. The first kappa shape index (κ1) is 19.2. The summed E-state index contributed by atoms with van der Waals surface area (Å²) in [5, 5.41) is 2.95. The number of benzene rings is 2. The number of likely N-dealkylation sites (tertiary alicyclic amines) is 1. The minimum Gasteiger partial charge on any atom is -0.497 e. The average molecular weight is 372 g/mol. The van der Waals surface area contributed by atoms with E-state index in [-0.39, 0.29) is 23.3 Å². The molecule has 1 saturated heterocycles. The van der Waals surface area contributed by atoms with Crippen molar-refractivity contribution in [1.82, 2.24) is 10.2 Å². The van der Waals surface area contributed by atoms with Gasteiger partial charge in [-0.25, -0.2) is 4.39 Å². The summed E-state index contributed by atoms with van der Waals surface area (Å²) < 4.78 is 24.0. The number of methoxy groups -OCH3 is 2. The summed E-state index contributed by atoms with van der Waals surface area (Å²) in [4.78, 5) is 14.9. The first-order valence-corrected chi connectivity index (χ1v) is 9.12. The molecular weight excluding hydrogens is 347 g/mol. The minimum absolute atomic E-state index is 0.0745. The van der Waals surface area contributed by atoms with Gasteiger partial charge in [-0.3, -0.25) is 9.69 Å². The Balaban J connectivity index is 1.72. The van der Waals surface area contributed by atoms with Crippen LogP contribution in [0.2, 0.25) is 0 Å². The lowest BCUT2D eigenvalue weighted by Gasteiger charge is -2.28. The molecule has 0 radical (unpaired) electrons.